The molecule has 1 aliphatic heterocycles. The van der Waals surface area contributed by atoms with Gasteiger partial charge in [-0.05, 0) is 20.3 Å². The monoisotopic (exact) mass is 272 g/mol. The van der Waals surface area contributed by atoms with Gasteiger partial charge in [0.25, 0.3) is 0 Å². The second-order valence-electron chi connectivity index (χ2n) is 5.58. The molecular formula is C13H24N2O4. The number of carbonyl (C=O) groups excluding carboxylic acids is 1. The Hall–Kier alpha value is -1.14. The fourth-order valence-corrected chi connectivity index (χ4v) is 1.98. The van der Waals surface area contributed by atoms with Crippen molar-refractivity contribution in [3.8, 4) is 0 Å². The smallest absolute Gasteiger partial charge is 0.305 e. The van der Waals surface area contributed by atoms with E-state index in [9.17, 15) is 9.59 Å². The number of nitrogens with one attached hydrogen (secondary N) is 1. The molecule has 0 bridgehead atoms. The molecule has 0 spiro atoms. The van der Waals surface area contributed by atoms with Crippen molar-refractivity contribution in [3.05, 3.63) is 0 Å². The summed E-state index contributed by atoms with van der Waals surface area (Å²) in [7, 11) is 0. The van der Waals surface area contributed by atoms with Crippen LogP contribution in [-0.4, -0.2) is 59.8 Å². The summed E-state index contributed by atoms with van der Waals surface area (Å²) in [6.07, 6.45) is 0.852. The third-order valence-corrected chi connectivity index (χ3v) is 3.47. The minimum Gasteiger partial charge on any atom is -0.481 e. The highest BCUT2D eigenvalue weighted by atomic mass is 16.5. The van der Waals surface area contributed by atoms with Crippen LogP contribution in [0, 0.1) is 0 Å². The summed E-state index contributed by atoms with van der Waals surface area (Å²) in [5.74, 6) is -0.932. The maximum Gasteiger partial charge on any atom is 0.305 e. The molecule has 0 aliphatic carbocycles. The lowest BCUT2D eigenvalue weighted by Gasteiger charge is -2.35. The van der Waals surface area contributed by atoms with Gasteiger partial charge in [0.15, 0.2) is 0 Å². The van der Waals surface area contributed by atoms with Crippen molar-refractivity contribution in [2.45, 2.75) is 45.2 Å². The van der Waals surface area contributed by atoms with Gasteiger partial charge >= 0.3 is 5.97 Å². The molecule has 110 valence electrons. The molecule has 1 unspecified atom stereocenters. The first-order valence-electron chi connectivity index (χ1n) is 6.68. The third-order valence-electron chi connectivity index (χ3n) is 3.47. The first-order valence-corrected chi connectivity index (χ1v) is 6.68. The summed E-state index contributed by atoms with van der Waals surface area (Å²) < 4.78 is 5.28. The van der Waals surface area contributed by atoms with E-state index in [2.05, 4.69) is 5.32 Å². The highest BCUT2D eigenvalue weighted by Gasteiger charge is 2.28. The topological polar surface area (TPSA) is 78.9 Å². The largest absolute Gasteiger partial charge is 0.481 e. The van der Waals surface area contributed by atoms with Crippen LogP contribution in [-0.2, 0) is 14.3 Å². The normalized spacial score (nSPS) is 21.1. The minimum atomic E-state index is -0.866. The van der Waals surface area contributed by atoms with E-state index >= 15 is 0 Å². The van der Waals surface area contributed by atoms with Crippen LogP contribution in [0.1, 0.15) is 33.6 Å². The van der Waals surface area contributed by atoms with Gasteiger partial charge in [0.1, 0.15) is 0 Å². The molecule has 0 saturated carbocycles. The van der Waals surface area contributed by atoms with E-state index in [4.69, 9.17) is 9.84 Å². The van der Waals surface area contributed by atoms with E-state index in [1.165, 1.54) is 0 Å². The van der Waals surface area contributed by atoms with Gasteiger partial charge in [-0.3, -0.25) is 14.5 Å². The van der Waals surface area contributed by atoms with Crippen LogP contribution in [0.4, 0.5) is 0 Å². The van der Waals surface area contributed by atoms with E-state index in [1.54, 1.807) is 0 Å². The van der Waals surface area contributed by atoms with Crippen molar-refractivity contribution < 1.29 is 19.4 Å². The van der Waals surface area contributed by atoms with Crippen LogP contribution in [0.15, 0.2) is 0 Å². The average molecular weight is 272 g/mol. The number of carboxylic acids is 1. The SMILES string of the molecule is CCC(C)(C)NC(=O)CN1CCOCC1CC(=O)O. The van der Waals surface area contributed by atoms with Crippen LogP contribution in [0.25, 0.3) is 0 Å². The first-order chi connectivity index (χ1) is 8.84. The zero-order valence-corrected chi connectivity index (χ0v) is 11.9. The zero-order valence-electron chi connectivity index (χ0n) is 11.9. The van der Waals surface area contributed by atoms with Crippen molar-refractivity contribution >= 4 is 11.9 Å². The van der Waals surface area contributed by atoms with Gasteiger partial charge in [0.05, 0.1) is 26.2 Å². The summed E-state index contributed by atoms with van der Waals surface area (Å²) in [5.41, 5.74) is -0.230. The Labute approximate surface area is 114 Å². The number of nitrogens with zero attached hydrogens (tertiary/aromatic N) is 1. The number of aliphatic carboxylic acids is 1. The number of hydrogen-bond acceptors (Lipinski definition) is 4. The molecular weight excluding hydrogens is 248 g/mol. The van der Waals surface area contributed by atoms with Crippen LogP contribution in [0.5, 0.6) is 0 Å². The predicted octanol–water partition coefficient (Wildman–Crippen LogP) is 0.467. The van der Waals surface area contributed by atoms with Gasteiger partial charge in [0.2, 0.25) is 5.91 Å². The summed E-state index contributed by atoms with van der Waals surface area (Å²) in [5, 5.41) is 11.8. The minimum absolute atomic E-state index is 0.00442. The summed E-state index contributed by atoms with van der Waals surface area (Å²) >= 11 is 0. The standard InChI is InChI=1S/C13H24N2O4/c1-4-13(2,3)14-11(16)8-15-5-6-19-9-10(15)7-12(17)18/h10H,4-9H2,1-3H3,(H,14,16)(H,17,18). The Morgan fingerprint density at radius 1 is 1.47 bits per heavy atom. The molecule has 0 radical (unpaired) electrons. The van der Waals surface area contributed by atoms with Gasteiger partial charge in [0, 0.05) is 18.1 Å². The van der Waals surface area contributed by atoms with Crippen molar-refractivity contribution in [2.24, 2.45) is 0 Å². The molecule has 6 heteroatoms. The van der Waals surface area contributed by atoms with Gasteiger partial charge in [-0.25, -0.2) is 0 Å². The fraction of sp³-hybridized carbons (Fsp3) is 0.846. The highest BCUT2D eigenvalue weighted by molar-refractivity contribution is 5.79. The van der Waals surface area contributed by atoms with Gasteiger partial charge in [-0.2, -0.15) is 0 Å². The van der Waals surface area contributed by atoms with Crippen LogP contribution in [0.2, 0.25) is 0 Å². The number of rotatable bonds is 6. The van der Waals surface area contributed by atoms with E-state index in [0.29, 0.717) is 19.8 Å². The molecule has 1 heterocycles. The van der Waals surface area contributed by atoms with Crippen LogP contribution >= 0.6 is 0 Å². The van der Waals surface area contributed by atoms with Crippen molar-refractivity contribution in [2.75, 3.05) is 26.3 Å². The quantitative estimate of drug-likeness (QED) is 0.734. The Balaban J connectivity index is 2.52. The molecule has 1 saturated heterocycles. The van der Waals surface area contributed by atoms with E-state index in [0.717, 1.165) is 6.42 Å². The summed E-state index contributed by atoms with van der Waals surface area (Å²) in [6, 6.07) is -0.221. The number of carbonyl (C=O) groups is 2. The van der Waals surface area contributed by atoms with E-state index < -0.39 is 5.97 Å². The average Bonchev–Trinajstić information content (AvgIpc) is 2.30. The lowest BCUT2D eigenvalue weighted by molar-refractivity contribution is -0.141. The molecule has 1 aliphatic rings. The molecule has 1 atom stereocenters. The zero-order chi connectivity index (χ0) is 14.5. The van der Waals surface area contributed by atoms with E-state index in [-0.39, 0.29) is 30.5 Å². The number of ether oxygens (including phenoxy) is 1. The Morgan fingerprint density at radius 3 is 2.74 bits per heavy atom. The lowest BCUT2D eigenvalue weighted by Crippen LogP contribution is -2.53. The van der Waals surface area contributed by atoms with Gasteiger partial charge in [-0.1, -0.05) is 6.92 Å². The molecule has 1 amide bonds. The second kappa shape index (κ2) is 6.86. The number of amides is 1. The first kappa shape index (κ1) is 15.9. The van der Waals surface area contributed by atoms with Gasteiger partial charge in [-0.15, -0.1) is 0 Å². The lowest BCUT2D eigenvalue weighted by atomic mass is 10.0. The number of carboxylic acid groups (broad SMARTS) is 1. The van der Waals surface area contributed by atoms with Crippen molar-refractivity contribution in [3.63, 3.8) is 0 Å². The fourth-order valence-electron chi connectivity index (χ4n) is 1.98. The predicted molar refractivity (Wildman–Crippen MR) is 70.9 cm³/mol. The third kappa shape index (κ3) is 5.57. The van der Waals surface area contributed by atoms with Crippen molar-refractivity contribution in [1.29, 1.82) is 0 Å². The number of hydrogen-bond donors (Lipinski definition) is 2. The molecule has 0 aromatic heterocycles. The summed E-state index contributed by atoms with van der Waals surface area (Å²) in [4.78, 5) is 24.7. The van der Waals surface area contributed by atoms with E-state index in [1.807, 2.05) is 25.7 Å². The number of morpholine rings is 1. The molecule has 2 N–H and O–H groups in total. The maximum absolute atomic E-state index is 12.0. The Kier molecular flexibility index (Phi) is 5.75. The molecule has 6 nitrogen and oxygen atoms in total. The molecule has 0 aromatic rings. The summed E-state index contributed by atoms with van der Waals surface area (Å²) in [6.45, 7) is 7.69. The molecule has 19 heavy (non-hydrogen) atoms. The molecule has 1 rings (SSSR count). The Morgan fingerprint density at radius 2 is 2.16 bits per heavy atom. The molecule has 0 aromatic carbocycles. The van der Waals surface area contributed by atoms with Crippen LogP contribution in [0.3, 0.4) is 0 Å². The molecule has 1 fully saturated rings. The van der Waals surface area contributed by atoms with Crippen molar-refractivity contribution in [1.82, 2.24) is 10.2 Å². The van der Waals surface area contributed by atoms with Gasteiger partial charge < -0.3 is 15.2 Å². The second-order valence-corrected chi connectivity index (χ2v) is 5.58. The maximum atomic E-state index is 12.0. The van der Waals surface area contributed by atoms with Crippen LogP contribution < -0.4 is 5.32 Å². The highest BCUT2D eigenvalue weighted by Crippen LogP contribution is 2.11. The Bertz CT molecular complexity index is 331.